The number of nitrogens with zero attached hydrogens (tertiary/aromatic N) is 2. The van der Waals surface area contributed by atoms with Crippen LogP contribution in [0.3, 0.4) is 0 Å². The highest BCUT2D eigenvalue weighted by Crippen LogP contribution is 2.33. The van der Waals surface area contributed by atoms with E-state index in [4.69, 9.17) is 19.2 Å². The molecule has 0 radical (unpaired) electrons. The van der Waals surface area contributed by atoms with Crippen molar-refractivity contribution in [2.24, 2.45) is 0 Å². The third-order valence-corrected chi connectivity index (χ3v) is 6.77. The lowest BCUT2D eigenvalue weighted by atomic mass is 9.99. The van der Waals surface area contributed by atoms with E-state index in [0.717, 1.165) is 29.8 Å². The zero-order chi connectivity index (χ0) is 30.7. The minimum atomic E-state index is -4.43. The molecule has 0 aliphatic carbocycles. The average molecular weight is 598 g/mol. The summed E-state index contributed by atoms with van der Waals surface area (Å²) in [5.74, 6) is -0.242. The van der Waals surface area contributed by atoms with Crippen LogP contribution in [0.4, 0.5) is 18.9 Å². The highest BCUT2D eigenvalue weighted by molar-refractivity contribution is 5.88. The largest absolute Gasteiger partial charge is 0.488 e. The fourth-order valence-electron chi connectivity index (χ4n) is 4.89. The molecule has 0 saturated heterocycles. The molecule has 0 saturated carbocycles. The lowest BCUT2D eigenvalue weighted by Crippen LogP contribution is -2.32. The number of ether oxygens (including phenoxy) is 2. The molecule has 1 aliphatic heterocycles. The summed E-state index contributed by atoms with van der Waals surface area (Å²) in [7, 11) is 0. The van der Waals surface area contributed by atoms with Crippen molar-refractivity contribution in [3.05, 3.63) is 89.0 Å². The molecule has 1 aliphatic rings. The van der Waals surface area contributed by atoms with Crippen molar-refractivity contribution in [3.63, 3.8) is 0 Å². The smallest absolute Gasteiger partial charge is 0.422 e. The van der Waals surface area contributed by atoms with Crippen LogP contribution in [-0.4, -0.2) is 57.6 Å². The van der Waals surface area contributed by atoms with Crippen LogP contribution in [0, 0.1) is 11.3 Å². The van der Waals surface area contributed by atoms with E-state index in [1.165, 1.54) is 6.07 Å². The first-order valence-corrected chi connectivity index (χ1v) is 14.1. The molecule has 1 heterocycles. The van der Waals surface area contributed by atoms with E-state index in [9.17, 15) is 23.2 Å². The molecule has 1 atom stereocenters. The predicted molar refractivity (Wildman–Crippen MR) is 154 cm³/mol. The minimum absolute atomic E-state index is 0.0445. The molecular weight excluding hydrogens is 563 g/mol. The number of benzene rings is 3. The number of nitrogens with one attached hydrogen (secondary N) is 1. The van der Waals surface area contributed by atoms with E-state index in [2.05, 4.69) is 22.4 Å². The van der Waals surface area contributed by atoms with Crippen molar-refractivity contribution in [2.75, 3.05) is 44.4 Å². The number of hydrogen-bond donors (Lipinski definition) is 1. The van der Waals surface area contributed by atoms with Crippen LogP contribution < -0.4 is 19.7 Å². The van der Waals surface area contributed by atoms with Gasteiger partial charge < -0.3 is 19.7 Å². The molecule has 3 aromatic rings. The van der Waals surface area contributed by atoms with Crippen molar-refractivity contribution in [2.45, 2.75) is 38.4 Å². The molecule has 8 nitrogen and oxygen atoms in total. The number of nitriles is 1. The van der Waals surface area contributed by atoms with Crippen molar-refractivity contribution >= 4 is 11.7 Å². The van der Waals surface area contributed by atoms with Crippen LogP contribution in [0.15, 0.2) is 66.7 Å². The minimum Gasteiger partial charge on any atom is -0.488 e. The fraction of sp³-hybridized carbons (Fsp3) is 0.375. The van der Waals surface area contributed by atoms with Crippen molar-refractivity contribution in [1.82, 2.24) is 5.32 Å². The van der Waals surface area contributed by atoms with E-state index >= 15 is 0 Å². The summed E-state index contributed by atoms with van der Waals surface area (Å²) in [4.78, 5) is 24.1. The topological polar surface area (TPSA) is 93.1 Å². The Labute approximate surface area is 248 Å². The molecule has 11 heteroatoms. The molecule has 0 amide bonds. The van der Waals surface area contributed by atoms with Crippen molar-refractivity contribution in [3.8, 4) is 17.6 Å². The van der Waals surface area contributed by atoms with Gasteiger partial charge in [0.15, 0.2) is 18.1 Å². The SMILES string of the molecule is C[C@H](Cc1cc(C#N)c2c(c1)CCN2CCCOOC(=O)c1ccccc1)NCCOc1ccccc1OCC(F)(F)F. The molecule has 0 aromatic heterocycles. The first kappa shape index (κ1) is 31.7. The third-order valence-electron chi connectivity index (χ3n) is 6.77. The van der Waals surface area contributed by atoms with Crippen LogP contribution in [0.5, 0.6) is 11.5 Å². The summed E-state index contributed by atoms with van der Waals surface area (Å²) in [5.41, 5.74) is 4.14. The first-order valence-electron chi connectivity index (χ1n) is 14.1. The molecule has 228 valence electrons. The van der Waals surface area contributed by atoms with Gasteiger partial charge in [0.1, 0.15) is 12.7 Å². The monoisotopic (exact) mass is 597 g/mol. The second-order valence-electron chi connectivity index (χ2n) is 10.2. The molecule has 0 fully saturated rings. The van der Waals surface area contributed by atoms with E-state index in [0.29, 0.717) is 37.1 Å². The Morgan fingerprint density at radius 3 is 2.49 bits per heavy atom. The zero-order valence-corrected chi connectivity index (χ0v) is 23.9. The first-order chi connectivity index (χ1) is 20.7. The average Bonchev–Trinajstić information content (AvgIpc) is 3.40. The number of para-hydroxylation sites is 2. The van der Waals surface area contributed by atoms with Gasteiger partial charge in [-0.15, -0.1) is 0 Å². The second-order valence-corrected chi connectivity index (χ2v) is 10.2. The van der Waals surface area contributed by atoms with Gasteiger partial charge in [0.2, 0.25) is 0 Å². The maximum absolute atomic E-state index is 12.5. The number of rotatable bonds is 15. The molecule has 0 spiro atoms. The molecule has 4 rings (SSSR count). The Bertz CT molecular complexity index is 1400. The number of carbonyl (C=O) groups is 1. The van der Waals surface area contributed by atoms with Crippen molar-refractivity contribution < 1.29 is 37.2 Å². The molecular formula is C32H34F3N3O5. The highest BCUT2D eigenvalue weighted by Gasteiger charge is 2.29. The van der Waals surface area contributed by atoms with E-state index in [1.54, 1.807) is 42.5 Å². The number of anilines is 1. The van der Waals surface area contributed by atoms with Gasteiger partial charge in [-0.1, -0.05) is 36.4 Å². The highest BCUT2D eigenvalue weighted by atomic mass is 19.4. The van der Waals surface area contributed by atoms with Gasteiger partial charge in [-0.05, 0) is 67.6 Å². The van der Waals surface area contributed by atoms with Crippen LogP contribution in [0.25, 0.3) is 0 Å². The number of halogens is 3. The normalized spacial score (nSPS) is 13.2. The van der Waals surface area contributed by atoms with Crippen LogP contribution in [0.2, 0.25) is 0 Å². The Morgan fingerprint density at radius 2 is 1.77 bits per heavy atom. The van der Waals surface area contributed by atoms with Gasteiger partial charge in [0, 0.05) is 25.7 Å². The van der Waals surface area contributed by atoms with Gasteiger partial charge in [-0.2, -0.15) is 23.3 Å². The Morgan fingerprint density at radius 1 is 1.05 bits per heavy atom. The third kappa shape index (κ3) is 9.63. The van der Waals surface area contributed by atoms with Gasteiger partial charge >= 0.3 is 12.1 Å². The zero-order valence-electron chi connectivity index (χ0n) is 23.9. The Balaban J connectivity index is 1.21. The molecule has 43 heavy (non-hydrogen) atoms. The standard InChI is InChI=1S/C32H34F3N3O5/c1-23(37-13-17-40-28-10-5-6-11-29(28)41-22-32(33,34)35)18-24-19-26-12-15-38(30(26)27(20-24)21-36)14-7-16-42-43-31(39)25-8-3-2-4-9-25/h2-6,8-11,19-20,23,37H,7,12-18,22H2,1H3/t23-/m1/s1. The van der Waals surface area contributed by atoms with Crippen LogP contribution in [0.1, 0.15) is 40.4 Å². The van der Waals surface area contributed by atoms with Gasteiger partial charge in [-0.3, -0.25) is 4.89 Å². The van der Waals surface area contributed by atoms with E-state index < -0.39 is 18.8 Å². The number of alkyl halides is 3. The summed E-state index contributed by atoms with van der Waals surface area (Å²) in [6.45, 7) is 3.05. The molecule has 0 bridgehead atoms. The lowest BCUT2D eigenvalue weighted by Gasteiger charge is -2.21. The molecule has 0 unspecified atom stereocenters. The molecule has 3 aromatic carbocycles. The van der Waals surface area contributed by atoms with Gasteiger partial charge in [0.25, 0.3) is 0 Å². The number of fused-ring (bicyclic) bond motifs is 1. The number of hydrogen-bond acceptors (Lipinski definition) is 8. The quantitative estimate of drug-likeness (QED) is 0.137. The van der Waals surface area contributed by atoms with E-state index in [-0.39, 0.29) is 30.8 Å². The van der Waals surface area contributed by atoms with Gasteiger partial charge in [-0.25, -0.2) is 4.79 Å². The van der Waals surface area contributed by atoms with Crippen LogP contribution in [-0.2, 0) is 22.6 Å². The molecule has 1 N–H and O–H groups in total. The van der Waals surface area contributed by atoms with E-state index in [1.807, 2.05) is 19.1 Å². The fourth-order valence-corrected chi connectivity index (χ4v) is 4.89. The summed E-state index contributed by atoms with van der Waals surface area (Å²) in [6, 6.07) is 21.3. The maximum atomic E-state index is 12.5. The summed E-state index contributed by atoms with van der Waals surface area (Å²) in [6.07, 6.45) is -2.29. The summed E-state index contributed by atoms with van der Waals surface area (Å²) >= 11 is 0. The Hall–Kier alpha value is -4.27. The van der Waals surface area contributed by atoms with Crippen LogP contribution >= 0.6 is 0 Å². The maximum Gasteiger partial charge on any atom is 0.422 e. The predicted octanol–water partition coefficient (Wildman–Crippen LogP) is 5.64. The Kier molecular flexibility index (Phi) is 11.2. The number of carbonyl (C=O) groups excluding carboxylic acids is 1. The second kappa shape index (κ2) is 15.3. The summed E-state index contributed by atoms with van der Waals surface area (Å²) < 4.78 is 48.1. The lowest BCUT2D eigenvalue weighted by molar-refractivity contribution is -0.240. The van der Waals surface area contributed by atoms with Gasteiger partial charge in [0.05, 0.1) is 23.4 Å². The van der Waals surface area contributed by atoms with Crippen molar-refractivity contribution in [1.29, 1.82) is 5.26 Å². The summed E-state index contributed by atoms with van der Waals surface area (Å²) in [5, 5.41) is 13.2.